The van der Waals surface area contributed by atoms with Gasteiger partial charge in [0, 0.05) is 0 Å². The van der Waals surface area contributed by atoms with Crippen molar-refractivity contribution in [1.29, 1.82) is 0 Å². The van der Waals surface area contributed by atoms with Crippen LogP contribution in [0.3, 0.4) is 0 Å². The predicted octanol–water partition coefficient (Wildman–Crippen LogP) is 5.80. The Balaban J connectivity index is -0.000000290. The van der Waals surface area contributed by atoms with Crippen LogP contribution in [0.15, 0.2) is 47.6 Å². The number of allylic oxidation sites excluding steroid dienone is 8. The van der Waals surface area contributed by atoms with Gasteiger partial charge in [0.15, 0.2) is 0 Å². The van der Waals surface area contributed by atoms with E-state index in [1.54, 1.807) is 34.5 Å². The molecule has 4 heteroatoms. The fraction of sp³-hybridized carbons (Fsp3) is 0.400. The van der Waals surface area contributed by atoms with Crippen LogP contribution in [0.5, 0.6) is 0 Å². The summed E-state index contributed by atoms with van der Waals surface area (Å²) < 4.78 is 0. The third kappa shape index (κ3) is 8.65. The molecule has 0 N–H and O–H groups in total. The molecule has 0 saturated heterocycles. The summed E-state index contributed by atoms with van der Waals surface area (Å²) in [5, 5.41) is 0. The molecule has 0 spiro atoms. The van der Waals surface area contributed by atoms with Crippen molar-refractivity contribution in [2.75, 3.05) is 0 Å². The maximum atomic E-state index is 2.37. The van der Waals surface area contributed by atoms with Crippen LogP contribution in [0.4, 0.5) is 0 Å². The first-order valence-corrected chi connectivity index (χ1v) is 13.6. The Labute approximate surface area is 179 Å². The van der Waals surface area contributed by atoms with Gasteiger partial charge in [-0.25, -0.2) is 36.1 Å². The molecule has 0 radical (unpaired) electrons. The van der Waals surface area contributed by atoms with E-state index < -0.39 is 0 Å². The molecule has 2 saturated carbocycles. The fourth-order valence-electron chi connectivity index (χ4n) is 3.33. The van der Waals surface area contributed by atoms with Crippen LogP contribution in [0, 0.1) is 39.5 Å². The van der Waals surface area contributed by atoms with Gasteiger partial charge in [0.2, 0.25) is 0 Å². The zero-order chi connectivity index (χ0) is 14.2. The predicted molar refractivity (Wildman–Crippen MR) is 114 cm³/mol. The van der Waals surface area contributed by atoms with Crippen molar-refractivity contribution in [1.82, 2.24) is 0 Å². The Morgan fingerprint density at radius 1 is 0.792 bits per heavy atom. The van der Waals surface area contributed by atoms with Crippen LogP contribution in [-0.4, -0.2) is 6.88 Å². The van der Waals surface area contributed by atoms with Crippen LogP contribution in [-0.2, 0) is 23.3 Å². The standard InChI is InChI=1S/2C9H11.2CH3.2ClH.H2Si.Zr/c2*1-2-5-9-7-3-6-8(9)4-1;;;;;;/h2*1-2,4,6,9H,3,5,7H2;2*1H3;2*1H;1H2;/q4*-1;;;;. The molecule has 0 heterocycles. The molecule has 0 bridgehead atoms. The Kier molecular flexibility index (Phi) is 20.4. The molecular formula is C20H32Cl2SiZr-4. The van der Waals surface area contributed by atoms with Gasteiger partial charge in [0.05, 0.1) is 0 Å². The van der Waals surface area contributed by atoms with Crippen molar-refractivity contribution >= 4 is 31.7 Å². The summed E-state index contributed by atoms with van der Waals surface area (Å²) in [6, 6.07) is 0. The van der Waals surface area contributed by atoms with Gasteiger partial charge < -0.3 is 14.9 Å². The van der Waals surface area contributed by atoms with Gasteiger partial charge in [-0.3, -0.25) is 0 Å². The number of hydrogen-bond acceptors (Lipinski definition) is 0. The molecule has 0 aromatic heterocycles. The summed E-state index contributed by atoms with van der Waals surface area (Å²) in [6.45, 7) is 1.95. The first-order chi connectivity index (χ1) is 9.93. The Morgan fingerprint density at radius 3 is 1.50 bits per heavy atom. The molecular weight excluding hydrogens is 430 g/mol. The van der Waals surface area contributed by atoms with E-state index in [9.17, 15) is 0 Å². The van der Waals surface area contributed by atoms with Crippen LogP contribution in [0.1, 0.15) is 38.5 Å². The van der Waals surface area contributed by atoms with E-state index in [-0.39, 0.29) is 39.7 Å². The topological polar surface area (TPSA) is 0 Å². The average molecular weight is 463 g/mol. The summed E-state index contributed by atoms with van der Waals surface area (Å²) in [5.74, 6) is 1.77. The monoisotopic (exact) mass is 460 g/mol. The Bertz CT molecular complexity index is 401. The van der Waals surface area contributed by atoms with Gasteiger partial charge in [-0.15, -0.1) is 62.0 Å². The third-order valence-electron chi connectivity index (χ3n) is 4.42. The van der Waals surface area contributed by atoms with Crippen molar-refractivity contribution in [3.8, 4) is 0 Å². The van der Waals surface area contributed by atoms with Crippen LogP contribution in [0.2, 0.25) is 0 Å². The number of halogens is 2. The molecule has 0 aromatic carbocycles. The summed E-state index contributed by atoms with van der Waals surface area (Å²) in [7, 11) is 0. The molecule has 4 rings (SSSR count). The second kappa shape index (κ2) is 16.8. The summed E-state index contributed by atoms with van der Waals surface area (Å²) in [6.07, 6.45) is 26.1. The number of hydrogen-bond donors (Lipinski definition) is 0. The molecule has 0 amide bonds. The molecule has 2 fully saturated rings. The minimum atomic E-state index is 0. The molecule has 0 aromatic rings. The molecule has 24 heavy (non-hydrogen) atoms. The van der Waals surface area contributed by atoms with Gasteiger partial charge in [-0.1, -0.05) is 12.8 Å². The van der Waals surface area contributed by atoms with Crippen molar-refractivity contribution in [2.45, 2.75) is 38.5 Å². The second-order valence-corrected chi connectivity index (χ2v) is 5.62. The van der Waals surface area contributed by atoms with Gasteiger partial charge in [0.25, 0.3) is 0 Å². The summed E-state index contributed by atoms with van der Waals surface area (Å²) in [4.78, 5) is 0. The van der Waals surface area contributed by atoms with Crippen LogP contribution < -0.4 is 0 Å². The van der Waals surface area contributed by atoms with Crippen molar-refractivity contribution in [3.05, 3.63) is 75.3 Å². The molecule has 4 aliphatic rings. The molecule has 2 unspecified atom stereocenters. The first kappa shape index (κ1) is 29.2. The van der Waals surface area contributed by atoms with E-state index in [1.807, 2.05) is 6.88 Å². The van der Waals surface area contributed by atoms with E-state index in [0.717, 1.165) is 11.8 Å². The molecule has 0 aliphatic heterocycles. The van der Waals surface area contributed by atoms with E-state index in [2.05, 4.69) is 49.3 Å². The zero-order valence-corrected chi connectivity index (χ0v) is 20.5. The van der Waals surface area contributed by atoms with Gasteiger partial charge in [-0.2, -0.15) is 0 Å². The zero-order valence-electron chi connectivity index (χ0n) is 15.0. The minimum absolute atomic E-state index is 0. The molecule has 138 valence electrons. The van der Waals surface area contributed by atoms with Crippen LogP contribution in [0.25, 0.3) is 0 Å². The van der Waals surface area contributed by atoms with Gasteiger partial charge in [0.1, 0.15) is 0 Å². The Hall–Kier alpha value is 0.380. The molecule has 4 aliphatic carbocycles. The van der Waals surface area contributed by atoms with Crippen molar-refractivity contribution < 1.29 is 23.3 Å². The van der Waals surface area contributed by atoms with E-state index in [0.29, 0.717) is 0 Å². The van der Waals surface area contributed by atoms with E-state index in [4.69, 9.17) is 0 Å². The van der Waals surface area contributed by atoms with Crippen LogP contribution >= 0.6 is 24.8 Å². The van der Waals surface area contributed by atoms with Crippen molar-refractivity contribution in [3.63, 3.8) is 0 Å². The third-order valence-corrected chi connectivity index (χ3v) is 4.42. The quantitative estimate of drug-likeness (QED) is 0.315. The first-order valence-electron chi connectivity index (χ1n) is 7.68. The average Bonchev–Trinajstić information content (AvgIpc) is 3.18. The number of rotatable bonds is 0. The fourth-order valence-corrected chi connectivity index (χ4v) is 3.33. The SMILES string of the molecule is C1=CCC2CC[CH-]C2=C1.C1=CCC2CC[CH-]C2=C1.Cl.Cl.[CH3-].[CH3-].[SiH2]=[Zr]. The number of fused-ring (bicyclic) bond motifs is 2. The summed E-state index contributed by atoms with van der Waals surface area (Å²) in [5.41, 5.74) is 3.16. The second-order valence-electron chi connectivity index (χ2n) is 5.62. The summed E-state index contributed by atoms with van der Waals surface area (Å²) >= 11 is 1.58. The van der Waals surface area contributed by atoms with E-state index in [1.165, 1.54) is 38.5 Å². The molecule has 0 nitrogen and oxygen atoms in total. The van der Waals surface area contributed by atoms with Gasteiger partial charge >= 0.3 is 30.2 Å². The van der Waals surface area contributed by atoms with Gasteiger partial charge in [-0.05, 0) is 24.7 Å². The van der Waals surface area contributed by atoms with Crippen molar-refractivity contribution in [2.24, 2.45) is 11.8 Å². The normalized spacial score (nSPS) is 23.5. The maximum absolute atomic E-state index is 2.37. The van der Waals surface area contributed by atoms with E-state index >= 15 is 0 Å². The molecule has 2 atom stereocenters. The Morgan fingerprint density at radius 2 is 1.17 bits per heavy atom.